The molecule has 6 aromatic rings. The zero-order chi connectivity index (χ0) is 53.6. The summed E-state index contributed by atoms with van der Waals surface area (Å²) in [5.41, 5.74) is 16.7. The van der Waals surface area contributed by atoms with Crippen LogP contribution in [0.25, 0.3) is 11.3 Å². The van der Waals surface area contributed by atoms with Gasteiger partial charge in [-0.3, -0.25) is 19.2 Å². The second-order valence-electron chi connectivity index (χ2n) is 16.4. The number of carbonyl (C=O) groups excluding carboxylic acids is 4. The van der Waals surface area contributed by atoms with Crippen LogP contribution in [0.5, 0.6) is 0 Å². The Morgan fingerprint density at radius 2 is 1.07 bits per heavy atom. The van der Waals surface area contributed by atoms with Gasteiger partial charge in [-0.05, 0) is 81.1 Å². The van der Waals surface area contributed by atoms with Gasteiger partial charge in [0.2, 0.25) is 11.8 Å². The Morgan fingerprint density at radius 3 is 1.53 bits per heavy atom. The molecule has 0 atom stereocenters. The molecule has 22 nitrogen and oxygen atoms in total. The Hall–Kier alpha value is -7.20. The molecule has 8 N–H and O–H groups in total. The maximum Gasteiger partial charge on any atom is 0.488 e. The van der Waals surface area contributed by atoms with Crippen LogP contribution in [0.2, 0.25) is 0 Å². The standard InChI is InChI=1S/C24H25N5O5S.C14H13BrN4O4S.C10H14BNO3/c1-16(30)28-35(32,33)20-7-5-17(6-8-20)13-22(31)23-24(25)26-15-21(27-23)18-3-2-4-19(14-18)29-9-11-34-12-10-29;1-8(20)19-24(22,23)10-4-2-9(3-5-10)6-11(21)13-14(16)17-7-12(15)18-13;13-11(14)9-2-1-3-10(8-9)12-4-6-15-7-5-12/h2-8,14-15H,9-13H2,1H3,(H2,25,26)(H,28,30);2-5,7H,6H2,1H3,(H2,16,17)(H,19,20);1-3,8,13-14H,4-7H2. The number of nitrogens with two attached hydrogens (primary N) is 2. The van der Waals surface area contributed by atoms with Crippen molar-refractivity contribution in [1.29, 1.82) is 0 Å². The van der Waals surface area contributed by atoms with E-state index in [2.05, 4.69) is 45.7 Å². The smallest absolute Gasteiger partial charge is 0.423 e. The molecule has 2 aliphatic heterocycles. The maximum atomic E-state index is 13.0. The summed E-state index contributed by atoms with van der Waals surface area (Å²) in [7, 11) is -9.25. The Labute approximate surface area is 435 Å². The van der Waals surface area contributed by atoms with Gasteiger partial charge in [-0.2, -0.15) is 0 Å². The number of morpholine rings is 2. The third-order valence-electron chi connectivity index (χ3n) is 10.9. The summed E-state index contributed by atoms with van der Waals surface area (Å²) in [6, 6.07) is 26.4. The fourth-order valence-corrected chi connectivity index (χ4v) is 9.58. The first-order valence-corrected chi connectivity index (χ1v) is 26.4. The number of aromatic nitrogens is 4. The minimum atomic E-state index is -3.95. The fraction of sp³-hybridized carbons (Fsp3) is 0.250. The van der Waals surface area contributed by atoms with Crippen LogP contribution in [0.3, 0.4) is 0 Å². The number of halogens is 1. The Bertz CT molecular complexity index is 3200. The molecule has 2 saturated heterocycles. The molecule has 4 heterocycles. The van der Waals surface area contributed by atoms with Gasteiger partial charge in [0.25, 0.3) is 20.0 Å². The van der Waals surface area contributed by atoms with Gasteiger partial charge in [0, 0.05) is 69.8 Å². The van der Waals surface area contributed by atoms with Crippen LogP contribution in [-0.2, 0) is 52.0 Å². The van der Waals surface area contributed by atoms with Crippen molar-refractivity contribution in [1.82, 2.24) is 29.4 Å². The van der Waals surface area contributed by atoms with E-state index in [0.29, 0.717) is 40.1 Å². The first kappa shape index (κ1) is 56.1. The van der Waals surface area contributed by atoms with E-state index in [4.69, 9.17) is 31.0 Å². The molecule has 2 aromatic heterocycles. The minimum absolute atomic E-state index is 0.0181. The van der Waals surface area contributed by atoms with Crippen molar-refractivity contribution in [2.75, 3.05) is 73.9 Å². The molecule has 0 radical (unpaired) electrons. The lowest BCUT2D eigenvalue weighted by Gasteiger charge is -2.29. The number of nitrogen functional groups attached to an aromatic ring is 2. The third kappa shape index (κ3) is 15.9. The summed E-state index contributed by atoms with van der Waals surface area (Å²) < 4.78 is 62.7. The van der Waals surface area contributed by atoms with Gasteiger partial charge in [0.1, 0.15) is 16.0 Å². The van der Waals surface area contributed by atoms with Crippen molar-refractivity contribution in [2.24, 2.45) is 0 Å². The SMILES string of the molecule is CC(=O)NS(=O)(=O)c1ccc(CC(=O)c2nc(-c3cccc(N4CCOCC4)c3)cnc2N)cc1.CC(=O)NS(=O)(=O)c1ccc(CC(=O)c2nc(Br)cnc2N)cc1.OB(O)c1cccc(N2CCOCC2)c1. The third-order valence-corrected chi connectivity index (χ3v) is 14.2. The monoisotopic (exact) mass is 1110 g/mol. The number of ether oxygens (including phenoxy) is 2. The number of anilines is 4. The molecule has 0 spiro atoms. The highest BCUT2D eigenvalue weighted by molar-refractivity contribution is 9.10. The van der Waals surface area contributed by atoms with Crippen molar-refractivity contribution < 1.29 is 55.5 Å². The highest BCUT2D eigenvalue weighted by atomic mass is 79.9. The number of ketones is 2. The van der Waals surface area contributed by atoms with Crippen molar-refractivity contribution in [3.63, 3.8) is 0 Å². The van der Waals surface area contributed by atoms with Crippen molar-refractivity contribution in [3.05, 3.63) is 137 Å². The Balaban J connectivity index is 0.000000197. The molecule has 0 aliphatic carbocycles. The van der Waals surface area contributed by atoms with E-state index in [1.165, 1.54) is 60.9 Å². The average molecular weight is 1120 g/mol. The van der Waals surface area contributed by atoms with E-state index < -0.39 is 39.0 Å². The lowest BCUT2D eigenvalue weighted by atomic mass is 9.80. The largest absolute Gasteiger partial charge is 0.488 e. The number of carbonyl (C=O) groups is 4. The highest BCUT2D eigenvalue weighted by Gasteiger charge is 2.21. The number of benzene rings is 4. The van der Waals surface area contributed by atoms with E-state index in [1.807, 2.05) is 45.8 Å². The quantitative estimate of drug-likeness (QED) is 0.0672. The van der Waals surface area contributed by atoms with Gasteiger partial charge in [-0.15, -0.1) is 0 Å². The normalized spacial score (nSPS) is 13.5. The van der Waals surface area contributed by atoms with Crippen LogP contribution in [0, 0.1) is 0 Å². The van der Waals surface area contributed by atoms with Gasteiger partial charge in [-0.1, -0.05) is 48.5 Å². The highest BCUT2D eigenvalue weighted by Crippen LogP contribution is 2.26. The number of nitrogens with one attached hydrogen (secondary N) is 2. The predicted molar refractivity (Wildman–Crippen MR) is 279 cm³/mol. The number of sulfonamides is 2. The topological polar surface area (TPSA) is 330 Å². The molecule has 2 amide bonds. The van der Waals surface area contributed by atoms with Crippen molar-refractivity contribution >= 4 is 94.9 Å². The minimum Gasteiger partial charge on any atom is -0.423 e. The zero-order valence-corrected chi connectivity index (χ0v) is 43.3. The van der Waals surface area contributed by atoms with Crippen LogP contribution < -0.4 is 36.2 Å². The fourth-order valence-electron chi connectivity index (χ4n) is 7.32. The average Bonchev–Trinajstić information content (AvgIpc) is 3.38. The molecule has 2 fully saturated rings. The van der Waals surface area contributed by atoms with E-state index >= 15 is 0 Å². The van der Waals surface area contributed by atoms with Crippen LogP contribution in [0.4, 0.5) is 23.0 Å². The predicted octanol–water partition coefficient (Wildman–Crippen LogP) is 2.09. The lowest BCUT2D eigenvalue weighted by Crippen LogP contribution is -2.37. The van der Waals surface area contributed by atoms with Crippen molar-refractivity contribution in [2.45, 2.75) is 36.5 Å². The number of amides is 2. The number of hydrogen-bond donors (Lipinski definition) is 6. The van der Waals surface area contributed by atoms with E-state index in [0.717, 1.165) is 70.2 Å². The van der Waals surface area contributed by atoms with Crippen LogP contribution in [0.15, 0.2) is 124 Å². The zero-order valence-electron chi connectivity index (χ0n) is 40.1. The molecule has 0 bridgehead atoms. The molecule has 0 unspecified atom stereocenters. The summed E-state index contributed by atoms with van der Waals surface area (Å²) >= 11 is 3.12. The molecular weight excluding hydrogens is 1060 g/mol. The number of nitrogens with zero attached hydrogens (tertiary/aromatic N) is 6. The van der Waals surface area contributed by atoms with Gasteiger partial charge < -0.3 is 40.8 Å². The van der Waals surface area contributed by atoms with Gasteiger partial charge in [-0.25, -0.2) is 46.2 Å². The molecular formula is C48H52BBrN10O12S2. The van der Waals surface area contributed by atoms with Gasteiger partial charge >= 0.3 is 7.12 Å². The summed E-state index contributed by atoms with van der Waals surface area (Å²) in [4.78, 5) is 68.0. The Morgan fingerprint density at radius 1 is 0.635 bits per heavy atom. The van der Waals surface area contributed by atoms with Crippen LogP contribution >= 0.6 is 15.9 Å². The van der Waals surface area contributed by atoms with E-state index in [1.54, 1.807) is 12.1 Å². The lowest BCUT2D eigenvalue weighted by molar-refractivity contribution is -0.118. The number of rotatable bonds is 14. The van der Waals surface area contributed by atoms with Gasteiger partial charge in [0.15, 0.2) is 23.2 Å². The molecule has 4 aromatic carbocycles. The van der Waals surface area contributed by atoms with Gasteiger partial charge in [0.05, 0.1) is 54.3 Å². The summed E-state index contributed by atoms with van der Waals surface area (Å²) in [6.07, 6.45) is 2.85. The van der Waals surface area contributed by atoms with Crippen LogP contribution in [-0.4, -0.2) is 130 Å². The first-order chi connectivity index (χ1) is 35.2. The molecule has 0 saturated carbocycles. The second-order valence-corrected chi connectivity index (χ2v) is 20.6. The summed E-state index contributed by atoms with van der Waals surface area (Å²) in [5, 5.41) is 18.1. The molecule has 388 valence electrons. The molecule has 26 heteroatoms. The number of Topliss-reactive ketones (excluding diaryl/α,β-unsaturated/α-hetero) is 2. The van der Waals surface area contributed by atoms with Crippen molar-refractivity contribution in [3.8, 4) is 11.3 Å². The van der Waals surface area contributed by atoms with E-state index in [-0.39, 0.29) is 57.2 Å². The molecule has 2 aliphatic rings. The van der Waals surface area contributed by atoms with Crippen LogP contribution in [0.1, 0.15) is 46.0 Å². The second kappa shape index (κ2) is 25.6. The summed E-state index contributed by atoms with van der Waals surface area (Å²) in [6.45, 7) is 8.32. The first-order valence-electron chi connectivity index (χ1n) is 22.6. The molecule has 74 heavy (non-hydrogen) atoms. The Kier molecular flexibility index (Phi) is 19.4. The number of hydrogen-bond acceptors (Lipinski definition) is 20. The molecule has 8 rings (SSSR count). The van der Waals surface area contributed by atoms with E-state index in [9.17, 15) is 36.0 Å². The summed E-state index contributed by atoms with van der Waals surface area (Å²) in [5.74, 6) is -2.02. The maximum absolute atomic E-state index is 13.0.